The van der Waals surface area contributed by atoms with Gasteiger partial charge in [-0.3, -0.25) is 0 Å². The average Bonchev–Trinajstić information content (AvgIpc) is 2.53. The fourth-order valence-corrected chi connectivity index (χ4v) is 4.67. The van der Waals surface area contributed by atoms with Gasteiger partial charge < -0.3 is 15.4 Å². The zero-order valence-electron chi connectivity index (χ0n) is 14.6. The average molecular weight is 390 g/mol. The number of halogens is 1. The Balaban J connectivity index is 2.09. The van der Waals surface area contributed by atoms with E-state index in [4.69, 9.17) is 16.3 Å². The first-order chi connectivity index (χ1) is 11.8. The first-order valence-corrected chi connectivity index (χ1v) is 10.0. The minimum atomic E-state index is -3.70. The van der Waals surface area contributed by atoms with E-state index in [9.17, 15) is 13.2 Å². The minimum Gasteiger partial charge on any atom is -0.381 e. The number of methoxy groups -OCH3 is 1. The maximum Gasteiger partial charge on any atom is 0.319 e. The minimum absolute atomic E-state index is 0.0150. The zero-order chi connectivity index (χ0) is 18.6. The molecule has 0 unspecified atom stereocenters. The van der Waals surface area contributed by atoms with Crippen molar-refractivity contribution in [3.05, 3.63) is 23.2 Å². The van der Waals surface area contributed by atoms with Crippen LogP contribution in [0.3, 0.4) is 0 Å². The van der Waals surface area contributed by atoms with Crippen LogP contribution >= 0.6 is 11.6 Å². The van der Waals surface area contributed by atoms with Crippen molar-refractivity contribution >= 4 is 33.3 Å². The second-order valence-electron chi connectivity index (χ2n) is 5.86. The van der Waals surface area contributed by atoms with Crippen LogP contribution in [0.25, 0.3) is 0 Å². The van der Waals surface area contributed by atoms with E-state index in [1.165, 1.54) is 16.4 Å². The highest BCUT2D eigenvalue weighted by Crippen LogP contribution is 2.28. The highest BCUT2D eigenvalue weighted by molar-refractivity contribution is 7.89. The van der Waals surface area contributed by atoms with Crippen LogP contribution in [0.4, 0.5) is 10.5 Å². The van der Waals surface area contributed by atoms with Crippen LogP contribution in [0.5, 0.6) is 0 Å². The second kappa shape index (κ2) is 8.35. The number of amides is 2. The Kier molecular flexibility index (Phi) is 6.67. The van der Waals surface area contributed by atoms with Gasteiger partial charge in [-0.25, -0.2) is 13.2 Å². The number of sulfonamides is 1. The summed E-state index contributed by atoms with van der Waals surface area (Å²) in [6.07, 6.45) is 1.73. The highest BCUT2D eigenvalue weighted by Gasteiger charge is 2.30. The van der Waals surface area contributed by atoms with Crippen LogP contribution in [0, 0.1) is 0 Å². The first-order valence-electron chi connectivity index (χ1n) is 8.21. The van der Waals surface area contributed by atoms with Crippen molar-refractivity contribution < 1.29 is 17.9 Å². The smallest absolute Gasteiger partial charge is 0.319 e. The van der Waals surface area contributed by atoms with E-state index in [1.54, 1.807) is 27.0 Å². The van der Waals surface area contributed by atoms with Crippen molar-refractivity contribution in [2.24, 2.45) is 0 Å². The van der Waals surface area contributed by atoms with Crippen LogP contribution in [0.1, 0.15) is 26.7 Å². The second-order valence-corrected chi connectivity index (χ2v) is 8.17. The molecule has 1 aliphatic rings. The Hall–Kier alpha value is -1.35. The van der Waals surface area contributed by atoms with Gasteiger partial charge in [0, 0.05) is 31.9 Å². The van der Waals surface area contributed by atoms with Gasteiger partial charge in [0.2, 0.25) is 10.0 Å². The molecular weight excluding hydrogens is 366 g/mol. The van der Waals surface area contributed by atoms with Gasteiger partial charge in [0.05, 0.1) is 11.1 Å². The molecule has 2 rings (SSSR count). The van der Waals surface area contributed by atoms with E-state index in [0.29, 0.717) is 18.8 Å². The quantitative estimate of drug-likeness (QED) is 0.750. The number of anilines is 1. The topological polar surface area (TPSA) is 87.7 Å². The Morgan fingerprint density at radius 1 is 1.32 bits per heavy atom. The maximum atomic E-state index is 12.7. The van der Waals surface area contributed by atoms with Gasteiger partial charge >= 0.3 is 6.03 Å². The fraction of sp³-hybridized carbons (Fsp3) is 0.562. The number of urea groups is 1. The van der Waals surface area contributed by atoms with Crippen LogP contribution < -0.4 is 10.6 Å². The molecule has 1 saturated carbocycles. The molecule has 0 saturated heterocycles. The zero-order valence-corrected chi connectivity index (χ0v) is 16.2. The van der Waals surface area contributed by atoms with Crippen LogP contribution in [0.2, 0.25) is 5.02 Å². The summed E-state index contributed by atoms with van der Waals surface area (Å²) in [5.41, 5.74) is 0.371. The summed E-state index contributed by atoms with van der Waals surface area (Å²) < 4.78 is 31.8. The van der Waals surface area contributed by atoms with Crippen molar-refractivity contribution in [3.63, 3.8) is 0 Å². The van der Waals surface area contributed by atoms with E-state index in [0.717, 1.165) is 12.8 Å². The van der Waals surface area contributed by atoms with Crippen molar-refractivity contribution in [3.8, 4) is 0 Å². The number of nitrogens with one attached hydrogen (secondary N) is 2. The van der Waals surface area contributed by atoms with Gasteiger partial charge in [0.1, 0.15) is 4.90 Å². The molecule has 1 aliphatic carbocycles. The van der Waals surface area contributed by atoms with Crippen LogP contribution in [-0.2, 0) is 14.8 Å². The summed E-state index contributed by atoms with van der Waals surface area (Å²) in [5.74, 6) is 0. The summed E-state index contributed by atoms with van der Waals surface area (Å²) in [6, 6.07) is 4.11. The lowest BCUT2D eigenvalue weighted by Gasteiger charge is -2.34. The lowest BCUT2D eigenvalue weighted by atomic mass is 9.89. The molecule has 0 aliphatic heterocycles. The number of hydrogen-bond acceptors (Lipinski definition) is 4. The Morgan fingerprint density at radius 2 is 1.96 bits per heavy atom. The summed E-state index contributed by atoms with van der Waals surface area (Å²) in [5, 5.41) is 5.61. The fourth-order valence-electron chi connectivity index (χ4n) is 2.71. The molecule has 25 heavy (non-hydrogen) atoms. The van der Waals surface area contributed by atoms with Crippen molar-refractivity contribution in [1.29, 1.82) is 0 Å². The number of hydrogen-bond donors (Lipinski definition) is 2. The van der Waals surface area contributed by atoms with Gasteiger partial charge in [-0.1, -0.05) is 25.4 Å². The molecule has 9 heteroatoms. The number of carbonyl (C=O) groups excluding carboxylic acids is 1. The van der Waals surface area contributed by atoms with E-state index in [2.05, 4.69) is 10.6 Å². The number of benzene rings is 1. The first kappa shape index (κ1) is 20.0. The predicted molar refractivity (Wildman–Crippen MR) is 97.5 cm³/mol. The van der Waals surface area contributed by atoms with E-state index >= 15 is 0 Å². The lowest BCUT2D eigenvalue weighted by molar-refractivity contribution is 0.0210. The molecule has 1 aromatic carbocycles. The SMILES string of the molecule is CCN(CC)S(=O)(=O)c1cc(NC(=O)NC2CC(OC)C2)ccc1Cl. The maximum absolute atomic E-state index is 12.7. The molecule has 2 amide bonds. The van der Waals surface area contributed by atoms with E-state index in [1.807, 2.05) is 0 Å². The van der Waals surface area contributed by atoms with Crippen molar-refractivity contribution in [1.82, 2.24) is 9.62 Å². The monoisotopic (exact) mass is 389 g/mol. The standard InChI is InChI=1S/C16H24ClN3O4S/c1-4-20(5-2)25(22,23)15-10-11(6-7-14(15)17)18-16(21)19-12-8-13(9-12)24-3/h6-7,10,12-13H,4-5,8-9H2,1-3H3,(H2,18,19,21). The third kappa shape index (κ3) is 4.63. The molecule has 0 heterocycles. The van der Waals surface area contributed by atoms with Crippen LogP contribution in [-0.4, -0.2) is 51.1 Å². The van der Waals surface area contributed by atoms with Crippen molar-refractivity contribution in [2.75, 3.05) is 25.5 Å². The number of carbonyl (C=O) groups is 1. The largest absolute Gasteiger partial charge is 0.381 e. The molecule has 1 fully saturated rings. The third-order valence-electron chi connectivity index (χ3n) is 4.28. The highest BCUT2D eigenvalue weighted by atomic mass is 35.5. The van der Waals surface area contributed by atoms with Gasteiger partial charge in [-0.15, -0.1) is 0 Å². The van der Waals surface area contributed by atoms with E-state index in [-0.39, 0.29) is 28.1 Å². The molecular formula is C16H24ClN3O4S. The molecule has 140 valence electrons. The summed E-state index contributed by atoms with van der Waals surface area (Å²) >= 11 is 6.08. The normalized spacial score (nSPS) is 20.2. The summed E-state index contributed by atoms with van der Waals surface area (Å²) in [6.45, 7) is 4.21. The van der Waals surface area contributed by atoms with E-state index < -0.39 is 10.0 Å². The number of rotatable bonds is 7. The number of ether oxygens (including phenoxy) is 1. The van der Waals surface area contributed by atoms with Crippen molar-refractivity contribution in [2.45, 2.75) is 43.7 Å². The Morgan fingerprint density at radius 3 is 2.52 bits per heavy atom. The Labute approximate surface area is 153 Å². The molecule has 0 spiro atoms. The molecule has 7 nitrogen and oxygen atoms in total. The van der Waals surface area contributed by atoms with Gasteiger partial charge in [-0.2, -0.15) is 4.31 Å². The predicted octanol–water partition coefficient (Wildman–Crippen LogP) is 2.67. The van der Waals surface area contributed by atoms with Gasteiger partial charge in [0.25, 0.3) is 0 Å². The molecule has 0 bridgehead atoms. The molecule has 2 N–H and O–H groups in total. The molecule has 1 aromatic rings. The lowest BCUT2D eigenvalue weighted by Crippen LogP contribution is -2.48. The summed E-state index contributed by atoms with van der Waals surface area (Å²) in [7, 11) is -2.06. The molecule has 0 radical (unpaired) electrons. The molecule has 0 atom stereocenters. The third-order valence-corrected chi connectivity index (χ3v) is 6.81. The van der Waals surface area contributed by atoms with Gasteiger partial charge in [0.15, 0.2) is 0 Å². The number of nitrogens with zero attached hydrogens (tertiary/aromatic N) is 1. The van der Waals surface area contributed by atoms with Gasteiger partial charge in [-0.05, 0) is 31.0 Å². The summed E-state index contributed by atoms with van der Waals surface area (Å²) in [4.78, 5) is 12.0. The van der Waals surface area contributed by atoms with Crippen LogP contribution in [0.15, 0.2) is 23.1 Å². The Bertz CT molecular complexity index is 716. The molecule has 0 aromatic heterocycles.